The summed E-state index contributed by atoms with van der Waals surface area (Å²) in [7, 11) is 0. The summed E-state index contributed by atoms with van der Waals surface area (Å²) in [4.78, 5) is 12.3. The minimum absolute atomic E-state index is 0. The van der Waals surface area contributed by atoms with Gasteiger partial charge in [0.2, 0.25) is 0 Å². The summed E-state index contributed by atoms with van der Waals surface area (Å²) in [5.41, 5.74) is 4.10. The Morgan fingerprint density at radius 2 is 1.88 bits per heavy atom. The topological polar surface area (TPSA) is 41.1 Å². The third-order valence-corrected chi connectivity index (χ3v) is 5.12. The number of nitrogens with one attached hydrogen (secondary N) is 2. The van der Waals surface area contributed by atoms with Crippen LogP contribution in [0.25, 0.3) is 0 Å². The van der Waals surface area contributed by atoms with Crippen LogP contribution in [0.2, 0.25) is 0 Å². The van der Waals surface area contributed by atoms with E-state index in [2.05, 4.69) is 29.7 Å². The maximum Gasteiger partial charge on any atom is 0.255 e. The van der Waals surface area contributed by atoms with Gasteiger partial charge in [-0.05, 0) is 68.0 Å². The minimum Gasteiger partial charge on any atom is -0.322 e. The van der Waals surface area contributed by atoms with E-state index in [0.717, 1.165) is 17.2 Å². The molecule has 2 fully saturated rings. The Bertz CT molecular complexity index is 743. The lowest BCUT2D eigenvalue weighted by Crippen LogP contribution is -2.20. The van der Waals surface area contributed by atoms with Gasteiger partial charge in [0.15, 0.2) is 0 Å². The van der Waals surface area contributed by atoms with Gasteiger partial charge in [-0.15, -0.1) is 12.4 Å². The van der Waals surface area contributed by atoms with Crippen LogP contribution in [0, 0.1) is 12.8 Å². The van der Waals surface area contributed by atoms with Crippen molar-refractivity contribution in [3.05, 3.63) is 65.2 Å². The molecule has 0 radical (unpaired) electrons. The van der Waals surface area contributed by atoms with Crippen LogP contribution in [-0.4, -0.2) is 18.5 Å². The number of hydrogen-bond donors (Lipinski definition) is 2. The molecular formula is C21H25ClN2O. The van der Waals surface area contributed by atoms with E-state index in [0.29, 0.717) is 17.5 Å². The highest BCUT2D eigenvalue weighted by atomic mass is 35.5. The van der Waals surface area contributed by atoms with E-state index in [-0.39, 0.29) is 18.3 Å². The van der Waals surface area contributed by atoms with E-state index in [4.69, 9.17) is 0 Å². The van der Waals surface area contributed by atoms with E-state index in [1.54, 1.807) is 0 Å². The quantitative estimate of drug-likeness (QED) is 0.798. The zero-order valence-corrected chi connectivity index (χ0v) is 15.3. The maximum atomic E-state index is 12.3. The number of carbonyl (C=O) groups is 1. The molecule has 25 heavy (non-hydrogen) atoms. The molecule has 2 N–H and O–H groups in total. The van der Waals surface area contributed by atoms with Gasteiger partial charge < -0.3 is 10.6 Å². The molecular weight excluding hydrogens is 332 g/mol. The SMILES string of the molecule is Cc1cc([C@@H]2C[C@H]2NCC2CC2)ccc1NC(=O)c1ccccc1.Cl. The first kappa shape index (κ1) is 18.0. The van der Waals surface area contributed by atoms with Gasteiger partial charge in [0.25, 0.3) is 5.91 Å². The summed E-state index contributed by atoms with van der Waals surface area (Å²) in [6, 6.07) is 16.4. The molecule has 2 aromatic carbocycles. The Morgan fingerprint density at radius 3 is 2.56 bits per heavy atom. The van der Waals surface area contributed by atoms with Gasteiger partial charge in [-0.1, -0.05) is 30.3 Å². The van der Waals surface area contributed by atoms with E-state index >= 15 is 0 Å². The number of aryl methyl sites for hydroxylation is 1. The third kappa shape index (κ3) is 4.42. The fourth-order valence-corrected chi connectivity index (χ4v) is 3.27. The molecule has 2 saturated carbocycles. The Morgan fingerprint density at radius 1 is 1.12 bits per heavy atom. The number of halogens is 1. The van der Waals surface area contributed by atoms with Crippen molar-refractivity contribution in [2.75, 3.05) is 11.9 Å². The maximum absolute atomic E-state index is 12.3. The van der Waals surface area contributed by atoms with Crippen LogP contribution in [0.15, 0.2) is 48.5 Å². The smallest absolute Gasteiger partial charge is 0.255 e. The minimum atomic E-state index is -0.0538. The molecule has 0 spiro atoms. The fourth-order valence-electron chi connectivity index (χ4n) is 3.27. The predicted molar refractivity (Wildman–Crippen MR) is 105 cm³/mol. The van der Waals surface area contributed by atoms with Crippen molar-refractivity contribution < 1.29 is 4.79 Å². The predicted octanol–water partition coefficient (Wildman–Crippen LogP) is 4.52. The zero-order valence-electron chi connectivity index (χ0n) is 14.5. The van der Waals surface area contributed by atoms with Crippen molar-refractivity contribution in [2.24, 2.45) is 5.92 Å². The number of hydrogen-bond acceptors (Lipinski definition) is 2. The Balaban J connectivity index is 0.00000182. The molecule has 0 unspecified atom stereocenters. The van der Waals surface area contributed by atoms with Crippen molar-refractivity contribution in [1.29, 1.82) is 0 Å². The monoisotopic (exact) mass is 356 g/mol. The number of rotatable bonds is 6. The summed E-state index contributed by atoms with van der Waals surface area (Å²) >= 11 is 0. The van der Waals surface area contributed by atoms with E-state index < -0.39 is 0 Å². The largest absolute Gasteiger partial charge is 0.322 e. The Kier molecular flexibility index (Phi) is 5.45. The van der Waals surface area contributed by atoms with Gasteiger partial charge in [-0.3, -0.25) is 4.79 Å². The molecule has 4 rings (SSSR count). The average molecular weight is 357 g/mol. The summed E-state index contributed by atoms with van der Waals surface area (Å²) in [5, 5.41) is 6.70. The molecule has 2 aliphatic carbocycles. The molecule has 2 aromatic rings. The lowest BCUT2D eigenvalue weighted by Gasteiger charge is -2.11. The first-order valence-corrected chi connectivity index (χ1v) is 8.91. The van der Waals surface area contributed by atoms with Crippen LogP contribution in [0.1, 0.15) is 46.7 Å². The van der Waals surface area contributed by atoms with Gasteiger partial charge in [-0.25, -0.2) is 0 Å². The number of anilines is 1. The average Bonchev–Trinajstić information content (AvgIpc) is 3.50. The van der Waals surface area contributed by atoms with E-state index in [9.17, 15) is 4.79 Å². The van der Waals surface area contributed by atoms with Gasteiger partial charge in [-0.2, -0.15) is 0 Å². The molecule has 2 aliphatic rings. The molecule has 0 saturated heterocycles. The van der Waals surface area contributed by atoms with Crippen molar-refractivity contribution >= 4 is 24.0 Å². The molecule has 3 nitrogen and oxygen atoms in total. The van der Waals surface area contributed by atoms with Crippen LogP contribution in [0.4, 0.5) is 5.69 Å². The highest BCUT2D eigenvalue weighted by molar-refractivity contribution is 6.04. The third-order valence-electron chi connectivity index (χ3n) is 5.12. The summed E-state index contributed by atoms with van der Waals surface area (Å²) in [5.74, 6) is 1.52. The second kappa shape index (κ2) is 7.59. The molecule has 0 aliphatic heterocycles. The van der Waals surface area contributed by atoms with Gasteiger partial charge >= 0.3 is 0 Å². The van der Waals surface area contributed by atoms with Crippen LogP contribution in [0.3, 0.4) is 0 Å². The second-order valence-corrected chi connectivity index (χ2v) is 7.19. The van der Waals surface area contributed by atoms with E-state index in [1.807, 2.05) is 36.4 Å². The standard InChI is InChI=1S/C21H24N2O.ClH/c1-14-11-17(18-12-20(18)22-13-15-7-8-15)9-10-19(14)23-21(24)16-5-3-2-4-6-16;/h2-6,9-11,15,18,20,22H,7-8,12-13H2,1H3,(H,23,24);1H/t18-,20+;/m0./s1. The zero-order chi connectivity index (χ0) is 16.5. The highest BCUT2D eigenvalue weighted by Gasteiger charge is 2.39. The number of amides is 1. The second-order valence-electron chi connectivity index (χ2n) is 7.19. The molecule has 4 heteroatoms. The van der Waals surface area contributed by atoms with Crippen molar-refractivity contribution in [3.8, 4) is 0 Å². The summed E-state index contributed by atoms with van der Waals surface area (Å²) < 4.78 is 0. The van der Waals surface area contributed by atoms with Crippen LogP contribution in [0.5, 0.6) is 0 Å². The van der Waals surface area contributed by atoms with Crippen molar-refractivity contribution in [3.63, 3.8) is 0 Å². The fraction of sp³-hybridized carbons (Fsp3) is 0.381. The molecule has 132 valence electrons. The molecule has 1 amide bonds. The number of benzene rings is 2. The Hall–Kier alpha value is -1.84. The summed E-state index contributed by atoms with van der Waals surface area (Å²) in [6.07, 6.45) is 4.04. The molecule has 2 atom stereocenters. The Labute approximate surface area is 155 Å². The normalized spacial score (nSPS) is 21.3. The van der Waals surface area contributed by atoms with Gasteiger partial charge in [0.1, 0.15) is 0 Å². The first-order chi connectivity index (χ1) is 11.7. The molecule has 0 heterocycles. The van der Waals surface area contributed by atoms with Gasteiger partial charge in [0, 0.05) is 23.2 Å². The molecule has 0 bridgehead atoms. The lowest BCUT2D eigenvalue weighted by molar-refractivity contribution is 0.102. The van der Waals surface area contributed by atoms with Crippen molar-refractivity contribution in [2.45, 2.75) is 38.1 Å². The van der Waals surface area contributed by atoms with Crippen LogP contribution >= 0.6 is 12.4 Å². The van der Waals surface area contributed by atoms with Crippen LogP contribution < -0.4 is 10.6 Å². The number of carbonyl (C=O) groups excluding carboxylic acids is 1. The van der Waals surface area contributed by atoms with Crippen LogP contribution in [-0.2, 0) is 0 Å². The van der Waals surface area contributed by atoms with Crippen molar-refractivity contribution in [1.82, 2.24) is 5.32 Å². The summed E-state index contributed by atoms with van der Waals surface area (Å²) in [6.45, 7) is 3.25. The first-order valence-electron chi connectivity index (χ1n) is 8.91. The highest BCUT2D eigenvalue weighted by Crippen LogP contribution is 2.42. The lowest BCUT2D eigenvalue weighted by atomic mass is 10.1. The molecule has 0 aromatic heterocycles. The van der Waals surface area contributed by atoms with Gasteiger partial charge in [0.05, 0.1) is 0 Å². The van der Waals surface area contributed by atoms with E-state index in [1.165, 1.54) is 31.4 Å².